The van der Waals surface area contributed by atoms with E-state index < -0.39 is 0 Å². The summed E-state index contributed by atoms with van der Waals surface area (Å²) in [6.07, 6.45) is 0. The quantitative estimate of drug-likeness (QED) is 0.787. The smallest absolute Gasteiger partial charge is 0.321 e. The van der Waals surface area contributed by atoms with Crippen molar-refractivity contribution in [3.05, 3.63) is 29.6 Å². The molecule has 78 valence electrons. The Kier molecular flexibility index (Phi) is 2.60. The number of amides is 2. The van der Waals surface area contributed by atoms with Crippen LogP contribution in [-0.2, 0) is 0 Å². The van der Waals surface area contributed by atoms with Crippen LogP contribution in [0, 0.1) is 0 Å². The van der Waals surface area contributed by atoms with E-state index in [1.807, 2.05) is 29.6 Å². The average molecular weight is 220 g/mol. The number of carbonyl (C=O) groups is 1. The van der Waals surface area contributed by atoms with Crippen molar-refractivity contribution in [2.45, 2.75) is 0 Å². The molecule has 0 fully saturated rings. The summed E-state index contributed by atoms with van der Waals surface area (Å²) in [7, 11) is 3.44. The van der Waals surface area contributed by atoms with Crippen LogP contribution in [0.2, 0.25) is 0 Å². The first-order valence-electron chi connectivity index (χ1n) is 4.62. The second-order valence-electron chi connectivity index (χ2n) is 3.50. The number of nitrogens with one attached hydrogen (secondary N) is 1. The first-order valence-corrected chi connectivity index (χ1v) is 5.50. The van der Waals surface area contributed by atoms with Gasteiger partial charge in [0.15, 0.2) is 0 Å². The average Bonchev–Trinajstić information content (AvgIpc) is 2.64. The van der Waals surface area contributed by atoms with Gasteiger partial charge < -0.3 is 10.2 Å². The zero-order valence-corrected chi connectivity index (χ0v) is 9.47. The molecule has 2 aromatic rings. The zero-order valence-electron chi connectivity index (χ0n) is 8.65. The molecular formula is C11H12N2OS. The van der Waals surface area contributed by atoms with Crippen molar-refractivity contribution in [3.8, 4) is 0 Å². The molecule has 1 aromatic carbocycles. The van der Waals surface area contributed by atoms with Crippen LogP contribution in [-0.4, -0.2) is 25.0 Å². The molecule has 2 rings (SSSR count). The van der Waals surface area contributed by atoms with Crippen LogP contribution < -0.4 is 5.32 Å². The molecule has 0 bridgehead atoms. The largest absolute Gasteiger partial charge is 0.331 e. The van der Waals surface area contributed by atoms with Gasteiger partial charge >= 0.3 is 6.03 Å². The number of carbonyl (C=O) groups excluding carboxylic acids is 1. The minimum Gasteiger partial charge on any atom is -0.331 e. The lowest BCUT2D eigenvalue weighted by atomic mass is 10.2. The van der Waals surface area contributed by atoms with Crippen molar-refractivity contribution in [2.24, 2.45) is 0 Å². The Morgan fingerprint density at radius 3 is 2.87 bits per heavy atom. The van der Waals surface area contributed by atoms with E-state index in [0.717, 1.165) is 11.1 Å². The second kappa shape index (κ2) is 3.90. The molecule has 0 saturated carbocycles. The number of urea groups is 1. The molecule has 15 heavy (non-hydrogen) atoms. The molecule has 2 amide bonds. The summed E-state index contributed by atoms with van der Waals surface area (Å²) in [5.74, 6) is 0. The molecule has 0 aliphatic carbocycles. The molecule has 1 heterocycles. The summed E-state index contributed by atoms with van der Waals surface area (Å²) in [5, 5.41) is 6.02. The van der Waals surface area contributed by atoms with Crippen molar-refractivity contribution >= 4 is 33.1 Å². The van der Waals surface area contributed by atoms with E-state index in [4.69, 9.17) is 0 Å². The van der Waals surface area contributed by atoms with Crippen LogP contribution in [0.15, 0.2) is 29.6 Å². The Morgan fingerprint density at radius 2 is 2.13 bits per heavy atom. The zero-order chi connectivity index (χ0) is 10.8. The highest BCUT2D eigenvalue weighted by molar-refractivity contribution is 7.17. The standard InChI is InChI=1S/C11H12N2OS/c1-13(2)11(14)12-9-3-4-10-8(7-9)5-6-15-10/h3-7H,1-2H3,(H,12,14). The van der Waals surface area contributed by atoms with Crippen LogP contribution in [0.25, 0.3) is 10.1 Å². The third-order valence-electron chi connectivity index (χ3n) is 2.11. The second-order valence-corrected chi connectivity index (χ2v) is 4.45. The van der Waals surface area contributed by atoms with Crippen molar-refractivity contribution in [2.75, 3.05) is 19.4 Å². The van der Waals surface area contributed by atoms with E-state index in [2.05, 4.69) is 5.32 Å². The molecule has 3 nitrogen and oxygen atoms in total. The van der Waals surface area contributed by atoms with E-state index >= 15 is 0 Å². The van der Waals surface area contributed by atoms with E-state index in [0.29, 0.717) is 0 Å². The molecule has 0 radical (unpaired) electrons. The minimum absolute atomic E-state index is 0.107. The van der Waals surface area contributed by atoms with Gasteiger partial charge in [0.1, 0.15) is 0 Å². The van der Waals surface area contributed by atoms with E-state index in [9.17, 15) is 4.79 Å². The summed E-state index contributed by atoms with van der Waals surface area (Å²) in [6, 6.07) is 7.86. The molecule has 0 saturated heterocycles. The lowest BCUT2D eigenvalue weighted by Gasteiger charge is -2.11. The first kappa shape index (κ1) is 9.98. The van der Waals surface area contributed by atoms with Gasteiger partial charge in [-0.2, -0.15) is 0 Å². The van der Waals surface area contributed by atoms with Gasteiger partial charge in [0.05, 0.1) is 0 Å². The molecule has 4 heteroatoms. The summed E-state index contributed by atoms with van der Waals surface area (Å²) < 4.78 is 1.23. The fourth-order valence-corrected chi connectivity index (χ4v) is 2.05. The maximum atomic E-state index is 11.4. The highest BCUT2D eigenvalue weighted by Gasteiger charge is 2.04. The van der Waals surface area contributed by atoms with E-state index in [1.54, 1.807) is 25.4 Å². The van der Waals surface area contributed by atoms with Crippen LogP contribution in [0.1, 0.15) is 0 Å². The molecule has 0 atom stereocenters. The molecule has 0 unspecified atom stereocenters. The van der Waals surface area contributed by atoms with Gasteiger partial charge in [0.25, 0.3) is 0 Å². The van der Waals surface area contributed by atoms with Crippen LogP contribution in [0.3, 0.4) is 0 Å². The predicted molar refractivity (Wildman–Crippen MR) is 64.5 cm³/mol. The van der Waals surface area contributed by atoms with Crippen LogP contribution in [0.4, 0.5) is 10.5 Å². The van der Waals surface area contributed by atoms with Crippen molar-refractivity contribution in [3.63, 3.8) is 0 Å². The number of thiophene rings is 1. The van der Waals surface area contributed by atoms with E-state index in [-0.39, 0.29) is 6.03 Å². The summed E-state index contributed by atoms with van der Waals surface area (Å²) in [6.45, 7) is 0. The Hall–Kier alpha value is -1.55. The molecule has 1 N–H and O–H groups in total. The van der Waals surface area contributed by atoms with Gasteiger partial charge in [0, 0.05) is 24.5 Å². The summed E-state index contributed by atoms with van der Waals surface area (Å²) >= 11 is 1.70. The predicted octanol–water partition coefficient (Wildman–Crippen LogP) is 2.99. The molecule has 0 aliphatic heterocycles. The lowest BCUT2D eigenvalue weighted by molar-refractivity contribution is 0.230. The Morgan fingerprint density at radius 1 is 1.33 bits per heavy atom. The topological polar surface area (TPSA) is 32.3 Å². The number of anilines is 1. The van der Waals surface area contributed by atoms with Gasteiger partial charge in [-0.15, -0.1) is 11.3 Å². The minimum atomic E-state index is -0.107. The van der Waals surface area contributed by atoms with Crippen LogP contribution >= 0.6 is 11.3 Å². The number of nitrogens with zero attached hydrogens (tertiary/aromatic N) is 1. The maximum Gasteiger partial charge on any atom is 0.321 e. The fourth-order valence-electron chi connectivity index (χ4n) is 1.28. The van der Waals surface area contributed by atoms with Gasteiger partial charge in [-0.05, 0) is 35.0 Å². The molecule has 0 aliphatic rings. The number of hydrogen-bond acceptors (Lipinski definition) is 2. The first-order chi connectivity index (χ1) is 7.16. The number of rotatable bonds is 1. The highest BCUT2D eigenvalue weighted by Crippen LogP contribution is 2.23. The number of benzene rings is 1. The SMILES string of the molecule is CN(C)C(=O)Nc1ccc2sccc2c1. The van der Waals surface area contributed by atoms with Gasteiger partial charge in [-0.25, -0.2) is 4.79 Å². The Bertz CT molecular complexity index is 490. The molecule has 0 spiro atoms. The third-order valence-corrected chi connectivity index (χ3v) is 3.01. The molecular weight excluding hydrogens is 208 g/mol. The number of fused-ring (bicyclic) bond motifs is 1. The maximum absolute atomic E-state index is 11.4. The van der Waals surface area contributed by atoms with Crippen molar-refractivity contribution < 1.29 is 4.79 Å². The van der Waals surface area contributed by atoms with Crippen molar-refractivity contribution in [1.82, 2.24) is 4.90 Å². The third kappa shape index (κ3) is 2.10. The Labute approximate surface area is 92.3 Å². The number of hydrogen-bond donors (Lipinski definition) is 1. The molecule has 1 aromatic heterocycles. The monoisotopic (exact) mass is 220 g/mol. The summed E-state index contributed by atoms with van der Waals surface area (Å²) in [4.78, 5) is 12.9. The highest BCUT2D eigenvalue weighted by atomic mass is 32.1. The van der Waals surface area contributed by atoms with Gasteiger partial charge in [0.2, 0.25) is 0 Å². The van der Waals surface area contributed by atoms with Crippen LogP contribution in [0.5, 0.6) is 0 Å². The van der Waals surface area contributed by atoms with E-state index in [1.165, 1.54) is 9.60 Å². The normalized spacial score (nSPS) is 10.3. The fraction of sp³-hybridized carbons (Fsp3) is 0.182. The van der Waals surface area contributed by atoms with Gasteiger partial charge in [-0.3, -0.25) is 0 Å². The summed E-state index contributed by atoms with van der Waals surface area (Å²) in [5.41, 5.74) is 0.833. The van der Waals surface area contributed by atoms with Crippen molar-refractivity contribution in [1.29, 1.82) is 0 Å². The van der Waals surface area contributed by atoms with Gasteiger partial charge in [-0.1, -0.05) is 0 Å². The Balaban J connectivity index is 2.25. The lowest BCUT2D eigenvalue weighted by Crippen LogP contribution is -2.27.